The van der Waals surface area contributed by atoms with Crippen LogP contribution >= 0.6 is 0 Å². The molecule has 1 aromatic carbocycles. The van der Waals surface area contributed by atoms with Gasteiger partial charge in [0.25, 0.3) is 0 Å². The van der Waals surface area contributed by atoms with Crippen LogP contribution in [0.15, 0.2) is 53.7 Å². The topological polar surface area (TPSA) is 104 Å². The van der Waals surface area contributed by atoms with Gasteiger partial charge in [-0.2, -0.15) is 13.9 Å². The summed E-state index contributed by atoms with van der Waals surface area (Å²) in [7, 11) is -2.52. The van der Waals surface area contributed by atoms with Gasteiger partial charge in [-0.15, -0.1) is 0 Å². The van der Waals surface area contributed by atoms with Crippen LogP contribution in [0.5, 0.6) is 5.75 Å². The summed E-state index contributed by atoms with van der Waals surface area (Å²) >= 11 is 0. The first-order chi connectivity index (χ1) is 15.3. The highest BCUT2D eigenvalue weighted by Crippen LogP contribution is 2.21. The largest absolute Gasteiger partial charge is 0.497 e. The Hall–Kier alpha value is -3.38. The van der Waals surface area contributed by atoms with Crippen molar-refractivity contribution in [3.05, 3.63) is 65.9 Å². The molecule has 0 aliphatic carbocycles. The average Bonchev–Trinajstić information content (AvgIpc) is 3.34. The standard InChI is InChI=1S/C20H20F2N6O3S/c1-13-17(10-24-28(13)20(21)22)32(29,30)25-11-18-26-16-7-4-8-23-19(16)27(18)12-14-5-3-6-15(9-14)31-2/h3-10,20,25H,11-12H2,1-2H3. The van der Waals surface area contributed by atoms with Crippen LogP contribution in [-0.4, -0.2) is 39.8 Å². The number of nitrogens with one attached hydrogen (secondary N) is 1. The molecule has 9 nitrogen and oxygen atoms in total. The van der Waals surface area contributed by atoms with Gasteiger partial charge in [0.2, 0.25) is 10.0 Å². The number of pyridine rings is 1. The van der Waals surface area contributed by atoms with E-state index in [1.165, 1.54) is 6.92 Å². The Morgan fingerprint density at radius 3 is 2.75 bits per heavy atom. The van der Waals surface area contributed by atoms with Crippen molar-refractivity contribution < 1.29 is 21.9 Å². The van der Waals surface area contributed by atoms with Crippen molar-refractivity contribution in [3.8, 4) is 5.75 Å². The molecule has 0 amide bonds. The molecule has 0 aliphatic rings. The first-order valence-corrected chi connectivity index (χ1v) is 11.0. The first-order valence-electron chi connectivity index (χ1n) is 9.55. The highest BCUT2D eigenvalue weighted by atomic mass is 32.2. The molecule has 168 valence electrons. The van der Waals surface area contributed by atoms with E-state index in [4.69, 9.17) is 4.74 Å². The fourth-order valence-electron chi connectivity index (χ4n) is 3.37. The maximum absolute atomic E-state index is 13.0. The lowest BCUT2D eigenvalue weighted by atomic mass is 10.2. The van der Waals surface area contributed by atoms with Gasteiger partial charge in [0, 0.05) is 6.20 Å². The molecule has 0 radical (unpaired) electrons. The van der Waals surface area contributed by atoms with Crippen LogP contribution in [0.25, 0.3) is 11.2 Å². The number of ether oxygens (including phenoxy) is 1. The van der Waals surface area contributed by atoms with Crippen molar-refractivity contribution in [1.82, 2.24) is 29.0 Å². The fourth-order valence-corrected chi connectivity index (χ4v) is 4.51. The van der Waals surface area contributed by atoms with Gasteiger partial charge in [-0.3, -0.25) is 0 Å². The third-order valence-electron chi connectivity index (χ3n) is 4.95. The van der Waals surface area contributed by atoms with Crippen LogP contribution in [0.3, 0.4) is 0 Å². The number of sulfonamides is 1. The number of benzene rings is 1. The molecule has 0 saturated heterocycles. The minimum absolute atomic E-state index is 0.154. The van der Waals surface area contributed by atoms with Gasteiger partial charge in [-0.25, -0.2) is 27.8 Å². The van der Waals surface area contributed by atoms with Crippen molar-refractivity contribution in [2.45, 2.75) is 31.5 Å². The second-order valence-corrected chi connectivity index (χ2v) is 8.69. The summed E-state index contributed by atoms with van der Waals surface area (Å²) in [5.41, 5.74) is 1.95. The third kappa shape index (κ3) is 4.18. The highest BCUT2D eigenvalue weighted by Gasteiger charge is 2.24. The summed E-state index contributed by atoms with van der Waals surface area (Å²) in [6.07, 6.45) is 2.53. The van der Waals surface area contributed by atoms with E-state index >= 15 is 0 Å². The van der Waals surface area contributed by atoms with Crippen molar-refractivity contribution >= 4 is 21.2 Å². The van der Waals surface area contributed by atoms with E-state index in [0.717, 1.165) is 11.8 Å². The predicted molar refractivity (Wildman–Crippen MR) is 112 cm³/mol. The van der Waals surface area contributed by atoms with E-state index in [9.17, 15) is 17.2 Å². The van der Waals surface area contributed by atoms with Gasteiger partial charge in [0.15, 0.2) is 5.65 Å². The summed E-state index contributed by atoms with van der Waals surface area (Å²) < 4.78 is 61.3. The SMILES string of the molecule is COc1cccc(Cn2c(CNS(=O)(=O)c3cnn(C(F)F)c3C)nc3cccnc32)c1. The Bertz CT molecular complexity index is 1370. The van der Waals surface area contributed by atoms with Gasteiger partial charge >= 0.3 is 6.55 Å². The van der Waals surface area contributed by atoms with Crippen molar-refractivity contribution in [3.63, 3.8) is 0 Å². The quantitative estimate of drug-likeness (QED) is 0.432. The van der Waals surface area contributed by atoms with E-state index in [1.807, 2.05) is 24.3 Å². The van der Waals surface area contributed by atoms with Gasteiger partial charge < -0.3 is 9.30 Å². The zero-order valence-corrected chi connectivity index (χ0v) is 18.1. The molecule has 12 heteroatoms. The third-order valence-corrected chi connectivity index (χ3v) is 6.46. The van der Waals surface area contributed by atoms with Crippen LogP contribution in [0.2, 0.25) is 0 Å². The Morgan fingerprint density at radius 2 is 2.03 bits per heavy atom. The van der Waals surface area contributed by atoms with E-state index < -0.39 is 16.6 Å². The molecule has 0 spiro atoms. The van der Waals surface area contributed by atoms with E-state index in [0.29, 0.717) is 34.0 Å². The van der Waals surface area contributed by atoms with Crippen LogP contribution in [-0.2, 0) is 23.1 Å². The average molecular weight is 462 g/mol. The smallest absolute Gasteiger partial charge is 0.333 e. The number of hydrogen-bond acceptors (Lipinski definition) is 6. The summed E-state index contributed by atoms with van der Waals surface area (Å²) in [6.45, 7) is -1.45. The second kappa shape index (κ2) is 8.63. The molecule has 1 N–H and O–H groups in total. The Labute approximate surface area is 182 Å². The Balaban J connectivity index is 1.65. The minimum Gasteiger partial charge on any atom is -0.497 e. The summed E-state index contributed by atoms with van der Waals surface area (Å²) in [4.78, 5) is 8.57. The van der Waals surface area contributed by atoms with Gasteiger partial charge in [0.1, 0.15) is 22.0 Å². The molecule has 0 bridgehead atoms. The molecular weight excluding hydrogens is 442 g/mol. The van der Waals surface area contributed by atoms with Gasteiger partial charge in [-0.05, 0) is 36.8 Å². The zero-order chi connectivity index (χ0) is 22.9. The Morgan fingerprint density at radius 1 is 1.22 bits per heavy atom. The normalized spacial score (nSPS) is 12.0. The number of halogens is 2. The lowest BCUT2D eigenvalue weighted by Crippen LogP contribution is -2.25. The van der Waals surface area contributed by atoms with Gasteiger partial charge in [0.05, 0.1) is 32.1 Å². The number of alkyl halides is 2. The number of rotatable bonds is 8. The number of methoxy groups -OCH3 is 1. The van der Waals surface area contributed by atoms with E-state index in [2.05, 4.69) is 19.8 Å². The molecule has 3 heterocycles. The molecule has 4 aromatic rings. The molecule has 4 rings (SSSR count). The molecule has 0 fully saturated rings. The minimum atomic E-state index is -4.10. The summed E-state index contributed by atoms with van der Waals surface area (Å²) in [5, 5.41) is 3.47. The van der Waals surface area contributed by atoms with Crippen molar-refractivity contribution in [2.75, 3.05) is 7.11 Å². The molecule has 0 aliphatic heterocycles. The Kier molecular flexibility index (Phi) is 5.89. The monoisotopic (exact) mass is 462 g/mol. The maximum atomic E-state index is 13.0. The molecule has 32 heavy (non-hydrogen) atoms. The second-order valence-electron chi connectivity index (χ2n) is 6.95. The maximum Gasteiger partial charge on any atom is 0.333 e. The summed E-state index contributed by atoms with van der Waals surface area (Å²) in [6, 6.07) is 11.0. The predicted octanol–water partition coefficient (Wildman–Crippen LogP) is 2.87. The van der Waals surface area contributed by atoms with Crippen LogP contribution in [0.1, 0.15) is 23.6 Å². The van der Waals surface area contributed by atoms with Crippen LogP contribution in [0.4, 0.5) is 8.78 Å². The van der Waals surface area contributed by atoms with Crippen molar-refractivity contribution in [1.29, 1.82) is 0 Å². The highest BCUT2D eigenvalue weighted by molar-refractivity contribution is 7.89. The van der Waals surface area contributed by atoms with Crippen LogP contribution in [0, 0.1) is 6.92 Å². The zero-order valence-electron chi connectivity index (χ0n) is 17.2. The molecule has 3 aromatic heterocycles. The number of nitrogens with zero attached hydrogens (tertiary/aromatic N) is 5. The molecule has 0 saturated carbocycles. The number of imidazole rings is 1. The fraction of sp³-hybridized carbons (Fsp3) is 0.250. The first kappa shape index (κ1) is 21.8. The van der Waals surface area contributed by atoms with E-state index in [-0.39, 0.29) is 17.1 Å². The van der Waals surface area contributed by atoms with Gasteiger partial charge in [-0.1, -0.05) is 12.1 Å². The molecular formula is C20H20F2N6O3S. The van der Waals surface area contributed by atoms with E-state index in [1.54, 1.807) is 30.0 Å². The lowest BCUT2D eigenvalue weighted by molar-refractivity contribution is 0.0541. The summed E-state index contributed by atoms with van der Waals surface area (Å²) in [5.74, 6) is 1.11. The van der Waals surface area contributed by atoms with Crippen molar-refractivity contribution in [2.24, 2.45) is 0 Å². The number of hydrogen-bond donors (Lipinski definition) is 1. The molecule has 0 atom stereocenters. The van der Waals surface area contributed by atoms with Crippen LogP contribution < -0.4 is 9.46 Å². The number of aromatic nitrogens is 5. The molecule has 0 unspecified atom stereocenters. The number of fused-ring (bicyclic) bond motifs is 1. The lowest BCUT2D eigenvalue weighted by Gasteiger charge is -2.11.